The Kier molecular flexibility index (Phi) is 6.60. The zero-order valence-corrected chi connectivity index (χ0v) is 19.2. The number of anilines is 1. The highest BCUT2D eigenvalue weighted by Crippen LogP contribution is 2.37. The van der Waals surface area contributed by atoms with Crippen molar-refractivity contribution in [2.24, 2.45) is 0 Å². The van der Waals surface area contributed by atoms with Crippen molar-refractivity contribution >= 4 is 63.5 Å². The summed E-state index contributed by atoms with van der Waals surface area (Å²) in [6.07, 6.45) is 1.72. The molecule has 160 valence electrons. The van der Waals surface area contributed by atoms with E-state index in [1.165, 1.54) is 23.8 Å². The lowest BCUT2D eigenvalue weighted by Crippen LogP contribution is -2.27. The number of carbonyl (C=O) groups excluding carboxylic acids is 2. The normalized spacial score (nSPS) is 14.7. The standard InChI is InChI=1S/C24H16ClNO4S2/c1-29-20-12-15(10-11-19(20)30-23(28)16-6-3-2-4-7-16)13-21-22(27)26(24(31)32-21)18-9-5-8-17(25)14-18/h2-14H,1H3/b21-13+. The number of hydrogen-bond donors (Lipinski definition) is 0. The number of esters is 1. The predicted octanol–water partition coefficient (Wildman–Crippen LogP) is 5.97. The van der Waals surface area contributed by atoms with Gasteiger partial charge in [-0.05, 0) is 54.1 Å². The van der Waals surface area contributed by atoms with Crippen LogP contribution in [0.15, 0.2) is 77.7 Å². The summed E-state index contributed by atoms with van der Waals surface area (Å²) in [7, 11) is 1.48. The maximum atomic E-state index is 13.0. The summed E-state index contributed by atoms with van der Waals surface area (Å²) in [5.74, 6) is -0.0711. The minimum absolute atomic E-state index is 0.235. The van der Waals surface area contributed by atoms with Crippen LogP contribution in [0.25, 0.3) is 6.08 Å². The van der Waals surface area contributed by atoms with Gasteiger partial charge in [-0.3, -0.25) is 9.69 Å². The Balaban J connectivity index is 1.57. The first-order valence-corrected chi connectivity index (χ1v) is 11.1. The summed E-state index contributed by atoms with van der Waals surface area (Å²) >= 11 is 12.7. The summed E-state index contributed by atoms with van der Waals surface area (Å²) in [4.78, 5) is 27.2. The van der Waals surface area contributed by atoms with Crippen LogP contribution in [0.1, 0.15) is 15.9 Å². The molecule has 8 heteroatoms. The number of halogens is 1. The van der Waals surface area contributed by atoms with Crippen LogP contribution in [0.5, 0.6) is 11.5 Å². The molecule has 0 spiro atoms. The molecule has 0 radical (unpaired) electrons. The molecule has 1 saturated heterocycles. The van der Waals surface area contributed by atoms with E-state index in [1.807, 2.05) is 6.07 Å². The quantitative estimate of drug-likeness (QED) is 0.193. The smallest absolute Gasteiger partial charge is 0.343 e. The molecule has 0 saturated carbocycles. The van der Waals surface area contributed by atoms with Gasteiger partial charge < -0.3 is 9.47 Å². The number of methoxy groups -OCH3 is 1. The van der Waals surface area contributed by atoms with Gasteiger partial charge in [0.05, 0.1) is 23.3 Å². The van der Waals surface area contributed by atoms with Crippen LogP contribution < -0.4 is 14.4 Å². The average Bonchev–Trinajstić information content (AvgIpc) is 3.07. The summed E-state index contributed by atoms with van der Waals surface area (Å²) in [6.45, 7) is 0. The fourth-order valence-electron chi connectivity index (χ4n) is 3.05. The number of amides is 1. The number of ether oxygens (including phenoxy) is 2. The zero-order chi connectivity index (χ0) is 22.7. The molecule has 1 fully saturated rings. The van der Waals surface area contributed by atoms with E-state index in [0.717, 1.165) is 0 Å². The fourth-order valence-corrected chi connectivity index (χ4v) is 4.53. The first kappa shape index (κ1) is 22.1. The van der Waals surface area contributed by atoms with E-state index < -0.39 is 5.97 Å². The third-order valence-electron chi connectivity index (χ3n) is 4.56. The molecule has 0 aromatic heterocycles. The maximum absolute atomic E-state index is 13.0. The minimum atomic E-state index is -0.487. The van der Waals surface area contributed by atoms with Gasteiger partial charge in [-0.1, -0.05) is 65.9 Å². The SMILES string of the molecule is COc1cc(/C=C2/SC(=S)N(c3cccc(Cl)c3)C2=O)ccc1OC(=O)c1ccccc1. The molecule has 1 aliphatic rings. The fraction of sp³-hybridized carbons (Fsp3) is 0.0417. The third kappa shape index (κ3) is 4.70. The molecule has 0 aliphatic carbocycles. The molecule has 0 atom stereocenters. The van der Waals surface area contributed by atoms with Crippen molar-refractivity contribution in [1.82, 2.24) is 0 Å². The highest BCUT2D eigenvalue weighted by atomic mass is 35.5. The first-order valence-electron chi connectivity index (χ1n) is 9.45. The zero-order valence-electron chi connectivity index (χ0n) is 16.8. The van der Waals surface area contributed by atoms with Gasteiger partial charge in [0.2, 0.25) is 0 Å². The van der Waals surface area contributed by atoms with Gasteiger partial charge in [0, 0.05) is 5.02 Å². The van der Waals surface area contributed by atoms with Crippen molar-refractivity contribution in [3.8, 4) is 11.5 Å². The molecule has 4 rings (SSSR count). The molecule has 0 N–H and O–H groups in total. The molecule has 0 unspecified atom stereocenters. The minimum Gasteiger partial charge on any atom is -0.493 e. The molecule has 1 aliphatic heterocycles. The lowest BCUT2D eigenvalue weighted by molar-refractivity contribution is -0.113. The topological polar surface area (TPSA) is 55.8 Å². The van der Waals surface area contributed by atoms with E-state index in [1.54, 1.807) is 72.8 Å². The molecule has 3 aromatic carbocycles. The monoisotopic (exact) mass is 481 g/mol. The van der Waals surface area contributed by atoms with Gasteiger partial charge in [-0.15, -0.1) is 0 Å². The number of benzene rings is 3. The van der Waals surface area contributed by atoms with Gasteiger partial charge in [-0.25, -0.2) is 4.79 Å². The summed E-state index contributed by atoms with van der Waals surface area (Å²) in [5, 5.41) is 0.519. The van der Waals surface area contributed by atoms with Crippen LogP contribution >= 0.6 is 35.6 Å². The van der Waals surface area contributed by atoms with E-state index >= 15 is 0 Å². The second-order valence-corrected chi connectivity index (χ2v) is 8.78. The molecule has 0 bridgehead atoms. The molecule has 5 nitrogen and oxygen atoms in total. The van der Waals surface area contributed by atoms with E-state index in [9.17, 15) is 9.59 Å². The Morgan fingerprint density at radius 1 is 1.03 bits per heavy atom. The lowest BCUT2D eigenvalue weighted by Gasteiger charge is -2.14. The second-order valence-electron chi connectivity index (χ2n) is 6.66. The average molecular weight is 482 g/mol. The molecule has 32 heavy (non-hydrogen) atoms. The van der Waals surface area contributed by atoms with Gasteiger partial charge in [0.25, 0.3) is 5.91 Å². The summed E-state index contributed by atoms with van der Waals surface area (Å²) in [6, 6.07) is 20.7. The van der Waals surface area contributed by atoms with E-state index in [-0.39, 0.29) is 11.7 Å². The van der Waals surface area contributed by atoms with Crippen molar-refractivity contribution < 1.29 is 19.1 Å². The number of carbonyl (C=O) groups is 2. The van der Waals surface area contributed by atoms with Gasteiger partial charge >= 0.3 is 5.97 Å². The number of hydrogen-bond acceptors (Lipinski definition) is 6. The van der Waals surface area contributed by atoms with Crippen molar-refractivity contribution in [2.75, 3.05) is 12.0 Å². The lowest BCUT2D eigenvalue weighted by atomic mass is 10.1. The van der Waals surface area contributed by atoms with Crippen molar-refractivity contribution in [3.63, 3.8) is 0 Å². The predicted molar refractivity (Wildman–Crippen MR) is 131 cm³/mol. The van der Waals surface area contributed by atoms with Crippen LogP contribution in [0.4, 0.5) is 5.69 Å². The van der Waals surface area contributed by atoms with Crippen LogP contribution in [0.3, 0.4) is 0 Å². The Bertz CT molecular complexity index is 1240. The van der Waals surface area contributed by atoms with Crippen LogP contribution in [0, 0.1) is 0 Å². The van der Waals surface area contributed by atoms with Crippen molar-refractivity contribution in [1.29, 1.82) is 0 Å². The molecular weight excluding hydrogens is 466 g/mol. The van der Waals surface area contributed by atoms with Crippen LogP contribution in [0.2, 0.25) is 5.02 Å². The highest BCUT2D eigenvalue weighted by Gasteiger charge is 2.33. The van der Waals surface area contributed by atoms with Gasteiger partial charge in [0.15, 0.2) is 15.8 Å². The van der Waals surface area contributed by atoms with E-state index in [0.29, 0.717) is 36.8 Å². The Labute approximate surface area is 199 Å². The summed E-state index contributed by atoms with van der Waals surface area (Å²) in [5.41, 5.74) is 1.75. The Morgan fingerprint density at radius 2 is 1.81 bits per heavy atom. The van der Waals surface area contributed by atoms with Gasteiger partial charge in [-0.2, -0.15) is 0 Å². The molecule has 3 aromatic rings. The molecule has 1 amide bonds. The highest BCUT2D eigenvalue weighted by molar-refractivity contribution is 8.27. The van der Waals surface area contributed by atoms with Gasteiger partial charge in [0.1, 0.15) is 0 Å². The number of rotatable bonds is 5. The van der Waals surface area contributed by atoms with E-state index in [2.05, 4.69) is 0 Å². The first-order chi connectivity index (χ1) is 15.5. The largest absolute Gasteiger partial charge is 0.493 e. The Morgan fingerprint density at radius 3 is 2.53 bits per heavy atom. The maximum Gasteiger partial charge on any atom is 0.343 e. The Hall–Kier alpha value is -3.13. The molecular formula is C24H16ClNO4S2. The number of thioether (sulfide) groups is 1. The van der Waals surface area contributed by atoms with Crippen molar-refractivity contribution in [2.45, 2.75) is 0 Å². The van der Waals surface area contributed by atoms with Crippen LogP contribution in [-0.2, 0) is 4.79 Å². The summed E-state index contributed by atoms with van der Waals surface area (Å²) < 4.78 is 11.3. The molecule has 1 heterocycles. The number of thiocarbonyl (C=S) groups is 1. The van der Waals surface area contributed by atoms with E-state index in [4.69, 9.17) is 33.3 Å². The number of nitrogens with zero attached hydrogens (tertiary/aromatic N) is 1. The van der Waals surface area contributed by atoms with Crippen LogP contribution in [-0.4, -0.2) is 23.3 Å². The van der Waals surface area contributed by atoms with Crippen molar-refractivity contribution in [3.05, 3.63) is 93.9 Å². The third-order valence-corrected chi connectivity index (χ3v) is 6.09. The second kappa shape index (κ2) is 9.56.